The van der Waals surface area contributed by atoms with E-state index in [1.54, 1.807) is 18.9 Å². The minimum Gasteiger partial charge on any atom is -0.348 e. The van der Waals surface area contributed by atoms with E-state index in [1.807, 2.05) is 13.8 Å². The maximum atomic E-state index is 12.2. The highest BCUT2D eigenvalue weighted by atomic mass is 16.2. The number of carbonyl (C=O) groups excluding carboxylic acids is 2. The molecule has 1 aliphatic rings. The van der Waals surface area contributed by atoms with E-state index in [2.05, 4.69) is 20.5 Å². The fourth-order valence-electron chi connectivity index (χ4n) is 2.29. The molecule has 2 rings (SSSR count). The van der Waals surface area contributed by atoms with E-state index < -0.39 is 5.54 Å². The van der Waals surface area contributed by atoms with Crippen LogP contribution in [-0.4, -0.2) is 44.5 Å². The second kappa shape index (κ2) is 4.64. The van der Waals surface area contributed by atoms with Gasteiger partial charge in [-0.25, -0.2) is 4.98 Å². The molecule has 1 aliphatic heterocycles. The Morgan fingerprint density at radius 2 is 2.26 bits per heavy atom. The molecule has 2 N–H and O–H groups in total. The number of nitrogens with one attached hydrogen (secondary N) is 2. The lowest BCUT2D eigenvalue weighted by atomic mass is 9.88. The first-order valence-corrected chi connectivity index (χ1v) is 6.24. The Labute approximate surface area is 111 Å². The summed E-state index contributed by atoms with van der Waals surface area (Å²) in [5.41, 5.74) is -0.462. The molecule has 0 spiro atoms. The van der Waals surface area contributed by atoms with E-state index in [9.17, 15) is 9.59 Å². The summed E-state index contributed by atoms with van der Waals surface area (Å²) in [6.45, 7) is 5.87. The highest BCUT2D eigenvalue weighted by molar-refractivity contribution is 5.90. The van der Waals surface area contributed by atoms with Gasteiger partial charge in [0.05, 0.1) is 12.5 Å². The van der Waals surface area contributed by atoms with Crippen molar-refractivity contribution in [1.29, 1.82) is 0 Å². The summed E-state index contributed by atoms with van der Waals surface area (Å²) in [7, 11) is 1.73. The van der Waals surface area contributed by atoms with Crippen LogP contribution in [0.2, 0.25) is 0 Å². The molecule has 0 saturated carbocycles. The zero-order valence-electron chi connectivity index (χ0n) is 11.6. The van der Waals surface area contributed by atoms with Gasteiger partial charge in [-0.1, -0.05) is 0 Å². The van der Waals surface area contributed by atoms with Gasteiger partial charge in [-0.15, -0.1) is 0 Å². The molecular formula is C12H19N5O2. The van der Waals surface area contributed by atoms with Crippen molar-refractivity contribution < 1.29 is 9.59 Å². The summed E-state index contributed by atoms with van der Waals surface area (Å²) >= 11 is 0. The van der Waals surface area contributed by atoms with E-state index in [1.165, 1.54) is 0 Å². The summed E-state index contributed by atoms with van der Waals surface area (Å²) in [4.78, 5) is 29.6. The van der Waals surface area contributed by atoms with Gasteiger partial charge in [0.2, 0.25) is 11.8 Å². The van der Waals surface area contributed by atoms with E-state index in [0.717, 1.165) is 0 Å². The van der Waals surface area contributed by atoms with Crippen LogP contribution in [0.15, 0.2) is 0 Å². The Morgan fingerprint density at radius 3 is 2.74 bits per heavy atom. The van der Waals surface area contributed by atoms with Crippen LogP contribution < -0.4 is 5.32 Å². The first-order chi connectivity index (χ1) is 8.82. The molecule has 0 aromatic carbocycles. The van der Waals surface area contributed by atoms with Gasteiger partial charge in [0.25, 0.3) is 0 Å². The smallest absolute Gasteiger partial charge is 0.226 e. The summed E-state index contributed by atoms with van der Waals surface area (Å²) < 4.78 is 0. The zero-order chi connectivity index (χ0) is 14.2. The molecule has 0 radical (unpaired) electrons. The fourth-order valence-corrected chi connectivity index (χ4v) is 2.29. The van der Waals surface area contributed by atoms with Crippen LogP contribution in [0.25, 0.3) is 0 Å². The minimum atomic E-state index is -0.462. The number of likely N-dealkylation sites (tertiary alicyclic amines) is 1. The van der Waals surface area contributed by atoms with Gasteiger partial charge in [0.1, 0.15) is 5.82 Å². The molecule has 0 bridgehead atoms. The average molecular weight is 265 g/mol. The molecule has 7 nitrogen and oxygen atoms in total. The van der Waals surface area contributed by atoms with Gasteiger partial charge >= 0.3 is 0 Å². The predicted molar refractivity (Wildman–Crippen MR) is 67.9 cm³/mol. The lowest BCUT2D eigenvalue weighted by Gasteiger charge is -2.32. The van der Waals surface area contributed by atoms with Crippen molar-refractivity contribution in [2.24, 2.45) is 5.92 Å². The Bertz CT molecular complexity index is 508. The quantitative estimate of drug-likeness (QED) is 0.804. The maximum Gasteiger partial charge on any atom is 0.226 e. The molecule has 2 heterocycles. The lowest BCUT2D eigenvalue weighted by Crippen LogP contribution is -2.46. The third kappa shape index (κ3) is 2.45. The first-order valence-electron chi connectivity index (χ1n) is 6.24. The van der Waals surface area contributed by atoms with Crippen molar-refractivity contribution >= 4 is 11.8 Å². The van der Waals surface area contributed by atoms with E-state index >= 15 is 0 Å². The van der Waals surface area contributed by atoms with E-state index in [-0.39, 0.29) is 30.7 Å². The molecular weight excluding hydrogens is 246 g/mol. The number of carbonyl (C=O) groups is 2. The number of aromatic nitrogens is 3. The lowest BCUT2D eigenvalue weighted by molar-refractivity contribution is -0.128. The minimum absolute atomic E-state index is 0.00103. The number of amides is 2. The van der Waals surface area contributed by atoms with Gasteiger partial charge in [-0.05, 0) is 20.8 Å². The number of aromatic amines is 1. The van der Waals surface area contributed by atoms with Gasteiger partial charge in [0.15, 0.2) is 5.82 Å². The monoisotopic (exact) mass is 265 g/mol. The van der Waals surface area contributed by atoms with Gasteiger partial charge < -0.3 is 10.2 Å². The zero-order valence-corrected chi connectivity index (χ0v) is 11.6. The molecule has 104 valence electrons. The molecule has 1 aromatic rings. The Morgan fingerprint density at radius 1 is 1.58 bits per heavy atom. The topological polar surface area (TPSA) is 91.0 Å². The van der Waals surface area contributed by atoms with Crippen molar-refractivity contribution in [2.45, 2.75) is 39.3 Å². The summed E-state index contributed by atoms with van der Waals surface area (Å²) in [6.07, 6.45) is 0.252. The third-order valence-corrected chi connectivity index (χ3v) is 3.85. The van der Waals surface area contributed by atoms with Crippen LogP contribution in [0.1, 0.15) is 31.9 Å². The summed E-state index contributed by atoms with van der Waals surface area (Å²) in [5, 5.41) is 9.46. The second-order valence-electron chi connectivity index (χ2n) is 5.42. The van der Waals surface area contributed by atoms with E-state index in [0.29, 0.717) is 11.6 Å². The number of hydrogen-bond acceptors (Lipinski definition) is 4. The largest absolute Gasteiger partial charge is 0.348 e. The van der Waals surface area contributed by atoms with Crippen LogP contribution in [0.3, 0.4) is 0 Å². The summed E-state index contributed by atoms with van der Waals surface area (Å²) in [5.74, 6) is 0.774. The number of rotatable bonds is 3. The average Bonchev–Trinajstić information content (AvgIpc) is 2.84. The molecule has 7 heteroatoms. The van der Waals surface area contributed by atoms with Crippen molar-refractivity contribution in [1.82, 2.24) is 25.4 Å². The van der Waals surface area contributed by atoms with E-state index in [4.69, 9.17) is 0 Å². The predicted octanol–water partition coefficient (Wildman–Crippen LogP) is -0.0138. The molecule has 1 fully saturated rings. The van der Waals surface area contributed by atoms with Crippen LogP contribution in [0.4, 0.5) is 0 Å². The van der Waals surface area contributed by atoms with Crippen LogP contribution in [0.5, 0.6) is 0 Å². The molecule has 2 amide bonds. The highest BCUT2D eigenvalue weighted by Crippen LogP contribution is 2.34. The van der Waals surface area contributed by atoms with Gasteiger partial charge in [-0.2, -0.15) is 5.10 Å². The molecule has 1 saturated heterocycles. The standard InChI is InChI=1S/C12H19N5O2/c1-7-14-9(16-15-7)6-13-11(19)8-5-10(18)17(4)12(8,2)3/h8H,5-6H2,1-4H3,(H,13,19)(H,14,15,16)/t8-/m1/s1. The van der Waals surface area contributed by atoms with Crippen molar-refractivity contribution in [3.63, 3.8) is 0 Å². The van der Waals surface area contributed by atoms with Crippen molar-refractivity contribution in [2.75, 3.05) is 7.05 Å². The SMILES string of the molecule is Cc1nc(CNC(=O)[C@H]2CC(=O)N(C)C2(C)C)n[nH]1. The maximum absolute atomic E-state index is 12.2. The molecule has 1 atom stereocenters. The number of aryl methyl sites for hydroxylation is 1. The highest BCUT2D eigenvalue weighted by Gasteiger charge is 2.47. The molecule has 0 aliphatic carbocycles. The normalized spacial score (nSPS) is 21.8. The molecule has 0 unspecified atom stereocenters. The molecule has 19 heavy (non-hydrogen) atoms. The van der Waals surface area contributed by atoms with Gasteiger partial charge in [-0.3, -0.25) is 14.7 Å². The fraction of sp³-hybridized carbons (Fsp3) is 0.667. The van der Waals surface area contributed by atoms with Crippen LogP contribution >= 0.6 is 0 Å². The number of H-pyrrole nitrogens is 1. The Kier molecular flexibility index (Phi) is 3.30. The van der Waals surface area contributed by atoms with Crippen LogP contribution in [0, 0.1) is 12.8 Å². The van der Waals surface area contributed by atoms with Crippen molar-refractivity contribution in [3.8, 4) is 0 Å². The summed E-state index contributed by atoms with van der Waals surface area (Å²) in [6, 6.07) is 0. The molecule has 1 aromatic heterocycles. The number of hydrogen-bond donors (Lipinski definition) is 2. The number of nitrogens with zero attached hydrogens (tertiary/aromatic N) is 3. The second-order valence-corrected chi connectivity index (χ2v) is 5.42. The van der Waals surface area contributed by atoms with Crippen LogP contribution in [-0.2, 0) is 16.1 Å². The Balaban J connectivity index is 1.99. The van der Waals surface area contributed by atoms with Crippen molar-refractivity contribution in [3.05, 3.63) is 11.6 Å². The Hall–Kier alpha value is -1.92. The third-order valence-electron chi connectivity index (χ3n) is 3.85. The van der Waals surface area contributed by atoms with Gasteiger partial charge in [0, 0.05) is 19.0 Å². The first kappa shape index (κ1) is 13.5.